The van der Waals surface area contributed by atoms with E-state index in [4.69, 9.17) is 14.6 Å². The maximum absolute atomic E-state index is 12.8. The molecule has 0 aromatic rings. The van der Waals surface area contributed by atoms with Crippen LogP contribution in [0.3, 0.4) is 0 Å². The molecule has 1 amide bonds. The zero-order chi connectivity index (χ0) is 17.9. The van der Waals surface area contributed by atoms with Gasteiger partial charge in [-0.3, -0.25) is 4.79 Å². The summed E-state index contributed by atoms with van der Waals surface area (Å²) in [7, 11) is 0. The maximum Gasteiger partial charge on any atom is 0.286 e. The highest BCUT2D eigenvalue weighted by Gasteiger charge is 2.41. The second kappa shape index (κ2) is 8.30. The van der Waals surface area contributed by atoms with Crippen LogP contribution in [0.4, 0.5) is 0 Å². The van der Waals surface area contributed by atoms with Gasteiger partial charge in [0, 0.05) is 19.1 Å². The number of aliphatic hydroxyl groups is 1. The molecule has 2 bridgehead atoms. The van der Waals surface area contributed by atoms with Crippen LogP contribution in [-0.2, 0) is 14.3 Å². The van der Waals surface area contributed by atoms with Crippen molar-refractivity contribution in [3.63, 3.8) is 0 Å². The van der Waals surface area contributed by atoms with Crippen molar-refractivity contribution in [2.24, 2.45) is 23.7 Å². The zero-order valence-corrected chi connectivity index (χ0v) is 15.7. The van der Waals surface area contributed by atoms with Crippen LogP contribution in [0, 0.1) is 23.7 Å². The molecule has 0 aromatic heterocycles. The SMILES string of the molecule is O=C(NC1CC2CCC1C2)C1=C[C@H](C2CCC2)C[C@H](OCCCCO)O1. The molecule has 3 unspecified atom stereocenters. The Bertz CT molecular complexity index is 530. The summed E-state index contributed by atoms with van der Waals surface area (Å²) in [6.07, 6.45) is 13.0. The number of unbranched alkanes of at least 4 members (excludes halogenated alkanes) is 1. The first-order valence-corrected chi connectivity index (χ1v) is 10.6. The van der Waals surface area contributed by atoms with E-state index >= 15 is 0 Å². The van der Waals surface area contributed by atoms with E-state index in [2.05, 4.69) is 11.4 Å². The van der Waals surface area contributed by atoms with E-state index in [0.29, 0.717) is 36.2 Å². The average Bonchev–Trinajstić information content (AvgIpc) is 3.20. The molecule has 0 radical (unpaired) electrons. The van der Waals surface area contributed by atoms with Gasteiger partial charge in [-0.2, -0.15) is 0 Å². The Balaban J connectivity index is 1.35. The van der Waals surface area contributed by atoms with Crippen LogP contribution in [0.1, 0.15) is 64.2 Å². The maximum atomic E-state index is 12.8. The van der Waals surface area contributed by atoms with Crippen LogP contribution < -0.4 is 5.32 Å². The Morgan fingerprint density at radius 1 is 1.15 bits per heavy atom. The van der Waals surface area contributed by atoms with Crippen molar-refractivity contribution in [2.75, 3.05) is 13.2 Å². The summed E-state index contributed by atoms with van der Waals surface area (Å²) in [5, 5.41) is 12.2. The van der Waals surface area contributed by atoms with Crippen LogP contribution in [0.5, 0.6) is 0 Å². The number of hydrogen-bond acceptors (Lipinski definition) is 4. The van der Waals surface area contributed by atoms with E-state index in [1.165, 1.54) is 38.5 Å². The highest BCUT2D eigenvalue weighted by molar-refractivity contribution is 5.91. The van der Waals surface area contributed by atoms with Gasteiger partial charge in [0.05, 0.1) is 6.61 Å². The van der Waals surface area contributed by atoms with Crippen molar-refractivity contribution in [3.05, 3.63) is 11.8 Å². The Kier molecular flexibility index (Phi) is 5.84. The summed E-state index contributed by atoms with van der Waals surface area (Å²) < 4.78 is 11.8. The molecule has 4 rings (SSSR count). The second-order valence-corrected chi connectivity index (χ2v) is 8.73. The number of hydrogen-bond donors (Lipinski definition) is 2. The minimum atomic E-state index is -0.329. The molecular formula is C21H33NO4. The van der Waals surface area contributed by atoms with E-state index in [1.807, 2.05) is 0 Å². The van der Waals surface area contributed by atoms with E-state index in [-0.39, 0.29) is 18.8 Å². The van der Waals surface area contributed by atoms with Crippen molar-refractivity contribution < 1.29 is 19.4 Å². The molecule has 3 saturated carbocycles. The Hall–Kier alpha value is -1.07. The molecule has 146 valence electrons. The Labute approximate surface area is 156 Å². The van der Waals surface area contributed by atoms with E-state index < -0.39 is 0 Å². The minimum Gasteiger partial charge on any atom is -0.459 e. The van der Waals surface area contributed by atoms with Gasteiger partial charge in [-0.1, -0.05) is 12.8 Å². The lowest BCUT2D eigenvalue weighted by Crippen LogP contribution is -2.42. The third-order valence-corrected chi connectivity index (χ3v) is 6.98. The lowest BCUT2D eigenvalue weighted by atomic mass is 9.73. The summed E-state index contributed by atoms with van der Waals surface area (Å²) >= 11 is 0. The first-order chi connectivity index (χ1) is 12.7. The number of aliphatic hydroxyl groups excluding tert-OH is 1. The summed E-state index contributed by atoms with van der Waals surface area (Å²) in [5.74, 6) is 2.98. The van der Waals surface area contributed by atoms with Gasteiger partial charge in [0.15, 0.2) is 5.76 Å². The third kappa shape index (κ3) is 4.09. The standard InChI is InChI=1S/C21H33NO4/c23-8-1-2-9-25-20-13-17(15-4-3-5-15)12-19(26-20)21(24)22-18-11-14-6-7-16(18)10-14/h12,14-18,20,23H,1-11,13H2,(H,22,24)/t14?,16?,17-,18?,20+/m0/s1. The van der Waals surface area contributed by atoms with Crippen LogP contribution in [0.15, 0.2) is 11.8 Å². The van der Waals surface area contributed by atoms with Crippen molar-refractivity contribution in [1.29, 1.82) is 0 Å². The highest BCUT2D eigenvalue weighted by atomic mass is 16.7. The first kappa shape index (κ1) is 18.3. The smallest absolute Gasteiger partial charge is 0.286 e. The Morgan fingerprint density at radius 3 is 2.69 bits per heavy atom. The van der Waals surface area contributed by atoms with Gasteiger partial charge in [-0.15, -0.1) is 0 Å². The number of carbonyl (C=O) groups is 1. The first-order valence-electron chi connectivity index (χ1n) is 10.6. The van der Waals surface area contributed by atoms with E-state index in [9.17, 15) is 4.79 Å². The molecule has 0 spiro atoms. The minimum absolute atomic E-state index is 0.0458. The monoisotopic (exact) mass is 363 g/mol. The molecule has 5 heteroatoms. The molecule has 0 aromatic carbocycles. The lowest BCUT2D eigenvalue weighted by Gasteiger charge is -2.37. The molecule has 0 saturated heterocycles. The highest BCUT2D eigenvalue weighted by Crippen LogP contribution is 2.45. The molecule has 2 N–H and O–H groups in total. The van der Waals surface area contributed by atoms with E-state index in [1.54, 1.807) is 0 Å². The van der Waals surface area contributed by atoms with Gasteiger partial charge < -0.3 is 19.9 Å². The van der Waals surface area contributed by atoms with Gasteiger partial charge >= 0.3 is 0 Å². The number of ether oxygens (including phenoxy) is 2. The predicted molar refractivity (Wildman–Crippen MR) is 98.1 cm³/mol. The summed E-state index contributed by atoms with van der Waals surface area (Å²) in [5.41, 5.74) is 0. The van der Waals surface area contributed by atoms with Crippen molar-refractivity contribution in [2.45, 2.75) is 76.5 Å². The van der Waals surface area contributed by atoms with Crippen molar-refractivity contribution in [1.82, 2.24) is 5.32 Å². The number of fused-ring (bicyclic) bond motifs is 2. The number of nitrogens with one attached hydrogen (secondary N) is 1. The van der Waals surface area contributed by atoms with Crippen LogP contribution >= 0.6 is 0 Å². The number of allylic oxidation sites excluding steroid dienone is 1. The molecule has 3 fully saturated rings. The fourth-order valence-electron chi connectivity index (χ4n) is 5.23. The van der Waals surface area contributed by atoms with Crippen molar-refractivity contribution >= 4 is 5.91 Å². The molecule has 4 aliphatic rings. The van der Waals surface area contributed by atoms with Crippen LogP contribution in [0.2, 0.25) is 0 Å². The number of amides is 1. The molecular weight excluding hydrogens is 330 g/mol. The third-order valence-electron chi connectivity index (χ3n) is 6.98. The van der Waals surface area contributed by atoms with Crippen LogP contribution in [-0.4, -0.2) is 36.6 Å². The lowest BCUT2D eigenvalue weighted by molar-refractivity contribution is -0.153. The fraction of sp³-hybridized carbons (Fsp3) is 0.857. The van der Waals surface area contributed by atoms with E-state index in [0.717, 1.165) is 31.6 Å². The number of rotatable bonds is 8. The largest absolute Gasteiger partial charge is 0.459 e. The summed E-state index contributed by atoms with van der Waals surface area (Å²) in [6.45, 7) is 0.764. The molecule has 3 aliphatic carbocycles. The Morgan fingerprint density at radius 2 is 2.04 bits per heavy atom. The quantitative estimate of drug-likeness (QED) is 0.650. The molecule has 5 atom stereocenters. The van der Waals surface area contributed by atoms with Crippen molar-refractivity contribution in [3.8, 4) is 0 Å². The summed E-state index contributed by atoms with van der Waals surface area (Å²) in [6, 6.07) is 0.332. The second-order valence-electron chi connectivity index (χ2n) is 8.73. The zero-order valence-electron chi connectivity index (χ0n) is 15.7. The summed E-state index contributed by atoms with van der Waals surface area (Å²) in [4.78, 5) is 12.8. The topological polar surface area (TPSA) is 67.8 Å². The number of carbonyl (C=O) groups excluding carboxylic acids is 1. The molecule has 5 nitrogen and oxygen atoms in total. The average molecular weight is 363 g/mol. The van der Waals surface area contributed by atoms with Crippen LogP contribution in [0.25, 0.3) is 0 Å². The molecule has 1 heterocycles. The van der Waals surface area contributed by atoms with Gasteiger partial charge in [-0.05, 0) is 74.7 Å². The van der Waals surface area contributed by atoms with Gasteiger partial charge in [0.1, 0.15) is 0 Å². The molecule has 26 heavy (non-hydrogen) atoms. The predicted octanol–water partition coefficient (Wildman–Crippen LogP) is 3.13. The fourth-order valence-corrected chi connectivity index (χ4v) is 5.23. The van der Waals surface area contributed by atoms with Gasteiger partial charge in [0.2, 0.25) is 6.29 Å². The molecule has 1 aliphatic heterocycles. The van der Waals surface area contributed by atoms with Gasteiger partial charge in [-0.25, -0.2) is 0 Å². The normalized spacial score (nSPS) is 36.3. The van der Waals surface area contributed by atoms with Gasteiger partial charge in [0.25, 0.3) is 5.91 Å².